The number of benzene rings is 1. The van der Waals surface area contributed by atoms with Gasteiger partial charge in [-0.25, -0.2) is 19.1 Å². The van der Waals surface area contributed by atoms with Crippen molar-refractivity contribution in [1.29, 1.82) is 0 Å². The molecule has 2 heterocycles. The van der Waals surface area contributed by atoms with Crippen LogP contribution in [0.3, 0.4) is 0 Å². The van der Waals surface area contributed by atoms with Gasteiger partial charge >= 0.3 is 11.9 Å². The Hall–Kier alpha value is -3.48. The molecule has 3 aromatic rings. The number of nitrogens with zero attached hydrogens (tertiary/aromatic N) is 6. The summed E-state index contributed by atoms with van der Waals surface area (Å²) in [4.78, 5) is 17.4. The molecule has 0 aliphatic rings. The van der Waals surface area contributed by atoms with E-state index in [0.717, 1.165) is 9.25 Å². The fourth-order valence-corrected chi connectivity index (χ4v) is 3.52. The molecule has 37 heavy (non-hydrogen) atoms. The van der Waals surface area contributed by atoms with Gasteiger partial charge in [-0.3, -0.25) is 4.57 Å². The van der Waals surface area contributed by atoms with Gasteiger partial charge in [0.05, 0.1) is 12.2 Å². The van der Waals surface area contributed by atoms with Crippen molar-refractivity contribution in [3.63, 3.8) is 0 Å². The molecule has 0 saturated carbocycles. The first-order chi connectivity index (χ1) is 17.5. The molecule has 9 nitrogen and oxygen atoms in total. The fraction of sp³-hybridized carbons (Fsp3) is 0.333. The molecular weight excluding hydrogens is 513 g/mol. The number of halogens is 4. The standard InChI is InChI=1S/C24H26ClF3N6O3/c1-4-6-8-18(7-5-2)34-21(15(3)35)29-20(30-34)14-33-23(37)32(13-19(36)24(26,27)28)22(31-33)16-9-11-17(25)12-10-16/h4-12,15,19,35-36H,13-14H2,1-3H3/b6-4-,7-5-,18-8+/t15?,19-/m0/s1. The molecule has 1 unspecified atom stereocenters. The van der Waals surface area contributed by atoms with E-state index in [2.05, 4.69) is 15.2 Å². The molecule has 1 aromatic carbocycles. The smallest absolute Gasteiger partial charge is 0.385 e. The Morgan fingerprint density at radius 1 is 1.14 bits per heavy atom. The first kappa shape index (κ1) is 28.1. The number of rotatable bonds is 9. The number of aromatic nitrogens is 6. The van der Waals surface area contributed by atoms with Gasteiger partial charge in [-0.1, -0.05) is 29.8 Å². The van der Waals surface area contributed by atoms with E-state index in [-0.39, 0.29) is 24.0 Å². The van der Waals surface area contributed by atoms with Crippen LogP contribution in [-0.4, -0.2) is 51.6 Å². The molecule has 198 valence electrons. The van der Waals surface area contributed by atoms with E-state index in [1.54, 1.807) is 24.3 Å². The summed E-state index contributed by atoms with van der Waals surface area (Å²) in [7, 11) is 0. The minimum absolute atomic E-state index is 0.0947. The Kier molecular flexibility index (Phi) is 8.89. The van der Waals surface area contributed by atoms with Crippen molar-refractivity contribution in [2.24, 2.45) is 0 Å². The van der Waals surface area contributed by atoms with E-state index in [1.807, 2.05) is 19.9 Å². The predicted molar refractivity (Wildman–Crippen MR) is 133 cm³/mol. The van der Waals surface area contributed by atoms with Gasteiger partial charge in [-0.05, 0) is 57.2 Å². The van der Waals surface area contributed by atoms with Crippen LogP contribution in [0, 0.1) is 0 Å². The van der Waals surface area contributed by atoms with Crippen LogP contribution in [0.25, 0.3) is 17.1 Å². The average molecular weight is 539 g/mol. The van der Waals surface area contributed by atoms with Gasteiger partial charge < -0.3 is 10.2 Å². The highest BCUT2D eigenvalue weighted by molar-refractivity contribution is 6.30. The number of aliphatic hydroxyl groups excluding tert-OH is 2. The Balaban J connectivity index is 2.10. The van der Waals surface area contributed by atoms with Gasteiger partial charge in [0.2, 0.25) is 0 Å². The zero-order valence-corrected chi connectivity index (χ0v) is 21.0. The minimum Gasteiger partial charge on any atom is -0.385 e. The van der Waals surface area contributed by atoms with Crippen molar-refractivity contribution in [2.45, 2.75) is 52.2 Å². The lowest BCUT2D eigenvalue weighted by molar-refractivity contribution is -0.207. The molecule has 2 atom stereocenters. The van der Waals surface area contributed by atoms with Crippen molar-refractivity contribution in [3.8, 4) is 11.4 Å². The number of aliphatic hydroxyl groups is 2. The van der Waals surface area contributed by atoms with Gasteiger partial charge in [0, 0.05) is 10.6 Å². The van der Waals surface area contributed by atoms with Gasteiger partial charge in [0.25, 0.3) is 0 Å². The maximum absolute atomic E-state index is 13.1. The maximum atomic E-state index is 13.1. The molecule has 0 radical (unpaired) electrons. The molecule has 0 fully saturated rings. The zero-order chi connectivity index (χ0) is 27.3. The van der Waals surface area contributed by atoms with Crippen LogP contribution >= 0.6 is 11.6 Å². The quantitative estimate of drug-likeness (QED) is 0.399. The topological polar surface area (TPSA) is 111 Å². The molecule has 0 bridgehead atoms. The molecule has 0 amide bonds. The van der Waals surface area contributed by atoms with E-state index in [9.17, 15) is 28.2 Å². The summed E-state index contributed by atoms with van der Waals surface area (Å²) in [5.41, 5.74) is 0.00653. The van der Waals surface area contributed by atoms with Gasteiger partial charge in [-0.2, -0.15) is 13.2 Å². The van der Waals surface area contributed by atoms with Crippen LogP contribution in [0.4, 0.5) is 13.2 Å². The van der Waals surface area contributed by atoms with Crippen molar-refractivity contribution in [2.75, 3.05) is 0 Å². The van der Waals surface area contributed by atoms with Crippen LogP contribution in [0.1, 0.15) is 38.5 Å². The second-order valence-electron chi connectivity index (χ2n) is 8.03. The molecule has 0 aliphatic heterocycles. The summed E-state index contributed by atoms with van der Waals surface area (Å²) in [5.74, 6) is 0.196. The lowest BCUT2D eigenvalue weighted by atomic mass is 10.2. The SMILES string of the molecule is C\C=C/C=C(\C=C/C)n1nc(Cn2nc(-c3ccc(Cl)cc3)n(C[C@H](O)C(F)(F)F)c2=O)nc1C(C)O. The summed E-state index contributed by atoms with van der Waals surface area (Å²) >= 11 is 5.91. The van der Waals surface area contributed by atoms with Crippen molar-refractivity contribution in [1.82, 2.24) is 29.1 Å². The molecule has 0 aliphatic carbocycles. The predicted octanol–water partition coefficient (Wildman–Crippen LogP) is 3.97. The monoisotopic (exact) mass is 538 g/mol. The number of hydrogen-bond acceptors (Lipinski definition) is 6. The third-order valence-electron chi connectivity index (χ3n) is 5.14. The molecule has 2 aromatic heterocycles. The Labute approximate surface area is 215 Å². The summed E-state index contributed by atoms with van der Waals surface area (Å²) in [5, 5.41) is 28.9. The fourth-order valence-electron chi connectivity index (χ4n) is 3.39. The third kappa shape index (κ3) is 6.64. The average Bonchev–Trinajstić information content (AvgIpc) is 3.39. The lowest BCUT2D eigenvalue weighted by Gasteiger charge is -2.15. The highest BCUT2D eigenvalue weighted by Crippen LogP contribution is 2.24. The molecular formula is C24H26ClF3N6O3. The third-order valence-corrected chi connectivity index (χ3v) is 5.39. The van der Waals surface area contributed by atoms with E-state index in [4.69, 9.17) is 11.6 Å². The van der Waals surface area contributed by atoms with Gasteiger partial charge in [0.15, 0.2) is 23.6 Å². The highest BCUT2D eigenvalue weighted by Gasteiger charge is 2.39. The molecule has 0 spiro atoms. The zero-order valence-electron chi connectivity index (χ0n) is 20.3. The van der Waals surface area contributed by atoms with E-state index in [1.165, 1.54) is 35.9 Å². The number of alkyl halides is 3. The minimum atomic E-state index is -4.94. The van der Waals surface area contributed by atoms with Crippen LogP contribution < -0.4 is 5.69 Å². The van der Waals surface area contributed by atoms with Crippen LogP contribution in [-0.2, 0) is 13.1 Å². The summed E-state index contributed by atoms with van der Waals surface area (Å²) in [6.45, 7) is 3.80. The van der Waals surface area contributed by atoms with Crippen LogP contribution in [0.2, 0.25) is 5.02 Å². The van der Waals surface area contributed by atoms with E-state index < -0.39 is 30.6 Å². The largest absolute Gasteiger partial charge is 0.416 e. The van der Waals surface area contributed by atoms with Crippen molar-refractivity contribution >= 4 is 17.3 Å². The van der Waals surface area contributed by atoms with Gasteiger partial charge in [-0.15, -0.1) is 10.2 Å². The van der Waals surface area contributed by atoms with E-state index >= 15 is 0 Å². The first-order valence-corrected chi connectivity index (χ1v) is 11.6. The Bertz CT molecular complexity index is 1370. The Morgan fingerprint density at radius 2 is 1.81 bits per heavy atom. The number of allylic oxidation sites excluding steroid dienone is 6. The second-order valence-corrected chi connectivity index (χ2v) is 8.47. The molecule has 3 rings (SSSR count). The first-order valence-electron chi connectivity index (χ1n) is 11.2. The summed E-state index contributed by atoms with van der Waals surface area (Å²) in [6, 6.07) is 6.00. The van der Waals surface area contributed by atoms with Crippen LogP contribution in [0.15, 0.2) is 59.4 Å². The summed E-state index contributed by atoms with van der Waals surface area (Å²) < 4.78 is 42.3. The van der Waals surface area contributed by atoms with Gasteiger partial charge in [0.1, 0.15) is 12.6 Å². The second kappa shape index (κ2) is 11.7. The number of hydrogen-bond donors (Lipinski definition) is 2. The van der Waals surface area contributed by atoms with Crippen molar-refractivity contribution in [3.05, 3.63) is 81.8 Å². The summed E-state index contributed by atoms with van der Waals surface area (Å²) in [6.07, 6.45) is 0.134. The van der Waals surface area contributed by atoms with Crippen molar-refractivity contribution < 1.29 is 23.4 Å². The van der Waals surface area contributed by atoms with E-state index in [0.29, 0.717) is 16.3 Å². The normalized spacial score (nSPS) is 14.7. The van der Waals surface area contributed by atoms with Crippen LogP contribution in [0.5, 0.6) is 0 Å². The lowest BCUT2D eigenvalue weighted by Crippen LogP contribution is -2.37. The highest BCUT2D eigenvalue weighted by atomic mass is 35.5. The Morgan fingerprint density at radius 3 is 2.38 bits per heavy atom. The molecule has 2 N–H and O–H groups in total. The molecule has 13 heteroatoms. The maximum Gasteiger partial charge on any atom is 0.416 e. The molecule has 0 saturated heterocycles.